The van der Waals surface area contributed by atoms with Gasteiger partial charge in [0.05, 0.1) is 5.69 Å². The first-order chi connectivity index (χ1) is 14.6. The van der Waals surface area contributed by atoms with Crippen molar-refractivity contribution in [1.29, 1.82) is 0 Å². The normalized spacial score (nSPS) is 11.6. The van der Waals surface area contributed by atoms with Crippen LogP contribution in [0.3, 0.4) is 0 Å². The third-order valence-corrected chi connectivity index (χ3v) is 4.55. The first-order valence-corrected chi connectivity index (χ1v) is 9.39. The van der Waals surface area contributed by atoms with Gasteiger partial charge in [-0.1, -0.05) is 12.1 Å². The van der Waals surface area contributed by atoms with E-state index in [-0.39, 0.29) is 11.6 Å². The van der Waals surface area contributed by atoms with Gasteiger partial charge in [0.25, 0.3) is 5.56 Å². The molecule has 9 heteroatoms. The van der Waals surface area contributed by atoms with Crippen molar-refractivity contribution in [1.82, 2.24) is 9.78 Å². The van der Waals surface area contributed by atoms with Gasteiger partial charge >= 0.3 is 0 Å². The van der Waals surface area contributed by atoms with E-state index in [1.807, 2.05) is 6.92 Å². The summed E-state index contributed by atoms with van der Waals surface area (Å²) >= 11 is 0. The number of aromatic nitrogens is 2. The Hall–Kier alpha value is -3.88. The number of hydrogen-bond acceptors (Lipinski definition) is 4. The van der Waals surface area contributed by atoms with Gasteiger partial charge < -0.3 is 10.6 Å². The van der Waals surface area contributed by atoms with Crippen molar-refractivity contribution in [3.63, 3.8) is 0 Å². The van der Waals surface area contributed by atoms with Crippen LogP contribution in [0.1, 0.15) is 25.5 Å². The highest BCUT2D eigenvalue weighted by molar-refractivity contribution is 5.93. The van der Waals surface area contributed by atoms with Crippen LogP contribution in [0.2, 0.25) is 0 Å². The zero-order chi connectivity index (χ0) is 22.7. The summed E-state index contributed by atoms with van der Waals surface area (Å²) in [7, 11) is 0. The molecule has 2 N–H and O–H groups in total. The average molecular weight is 426 g/mol. The molecule has 0 aliphatic heterocycles. The molecule has 7 nitrogen and oxygen atoms in total. The summed E-state index contributed by atoms with van der Waals surface area (Å²) in [4.78, 5) is 36.3. The molecule has 1 atom stereocenters. The predicted octanol–water partition coefficient (Wildman–Crippen LogP) is 3.66. The van der Waals surface area contributed by atoms with Crippen LogP contribution in [0.25, 0.3) is 11.3 Å². The molecule has 2 aromatic carbocycles. The lowest BCUT2D eigenvalue weighted by Gasteiger charge is -2.16. The number of anilines is 2. The van der Waals surface area contributed by atoms with E-state index in [0.717, 1.165) is 22.4 Å². The minimum Gasteiger partial charge on any atom is -0.326 e. The highest BCUT2D eigenvalue weighted by Crippen LogP contribution is 2.24. The Morgan fingerprint density at radius 1 is 1.00 bits per heavy atom. The van der Waals surface area contributed by atoms with Crippen molar-refractivity contribution in [2.45, 2.75) is 26.8 Å². The number of aryl methyl sites for hydroxylation is 1. The van der Waals surface area contributed by atoms with Gasteiger partial charge in [-0.05, 0) is 43.7 Å². The number of hydrogen-bond donors (Lipinski definition) is 2. The lowest BCUT2D eigenvalue weighted by atomic mass is 10.1. The van der Waals surface area contributed by atoms with Gasteiger partial charge in [-0.15, -0.1) is 0 Å². The number of carbonyl (C=O) groups excluding carboxylic acids is 2. The molecule has 1 aromatic heterocycles. The number of nitrogens with zero attached hydrogens (tertiary/aromatic N) is 2. The van der Waals surface area contributed by atoms with Crippen LogP contribution in [-0.4, -0.2) is 21.6 Å². The zero-order valence-electron chi connectivity index (χ0n) is 17.1. The lowest BCUT2D eigenvalue weighted by Crippen LogP contribution is -2.33. The molecule has 31 heavy (non-hydrogen) atoms. The second-order valence-corrected chi connectivity index (χ2v) is 7.04. The van der Waals surface area contributed by atoms with E-state index in [1.54, 1.807) is 18.2 Å². The van der Waals surface area contributed by atoms with Gasteiger partial charge in [0.2, 0.25) is 11.8 Å². The van der Waals surface area contributed by atoms with Crippen LogP contribution in [0.4, 0.5) is 20.2 Å². The van der Waals surface area contributed by atoms with Crippen molar-refractivity contribution in [2.75, 3.05) is 10.6 Å². The quantitative estimate of drug-likeness (QED) is 0.651. The third-order valence-electron chi connectivity index (χ3n) is 4.55. The molecule has 0 spiro atoms. The number of rotatable bonds is 5. The molecule has 0 aliphatic carbocycles. The Kier molecular flexibility index (Phi) is 6.24. The molecule has 0 aliphatic rings. The largest absolute Gasteiger partial charge is 0.326 e. The SMILES string of the molecule is CC(=O)Nc1cc(-c2ccc(=O)n([C@H](C)C(=O)Nc3cc(F)cc(F)c3)n2)ccc1C. The number of amides is 2. The first kappa shape index (κ1) is 21.8. The van der Waals surface area contributed by atoms with Crippen LogP contribution in [0.5, 0.6) is 0 Å². The smallest absolute Gasteiger partial charge is 0.267 e. The summed E-state index contributed by atoms with van der Waals surface area (Å²) < 4.78 is 27.7. The molecule has 3 aromatic rings. The van der Waals surface area contributed by atoms with Crippen LogP contribution in [-0.2, 0) is 9.59 Å². The number of nitrogens with one attached hydrogen (secondary N) is 2. The minimum atomic E-state index is -1.06. The van der Waals surface area contributed by atoms with Crippen LogP contribution < -0.4 is 16.2 Å². The van der Waals surface area contributed by atoms with Crippen molar-refractivity contribution in [3.8, 4) is 11.3 Å². The van der Waals surface area contributed by atoms with Crippen LogP contribution >= 0.6 is 0 Å². The van der Waals surface area contributed by atoms with E-state index in [4.69, 9.17) is 0 Å². The first-order valence-electron chi connectivity index (χ1n) is 9.39. The maximum atomic E-state index is 13.4. The van der Waals surface area contributed by atoms with Gasteiger partial charge in [-0.3, -0.25) is 14.4 Å². The molecule has 1 heterocycles. The summed E-state index contributed by atoms with van der Waals surface area (Å²) in [6.07, 6.45) is 0. The Labute approximate surface area is 176 Å². The standard InChI is InChI=1S/C22H20F2N4O3/c1-12-4-5-15(8-20(12)25-14(3)29)19-6-7-21(30)28(27-19)13(2)22(31)26-18-10-16(23)9-17(24)11-18/h4-11,13H,1-3H3,(H,25,29)(H,26,31)/t13-/m1/s1. The fourth-order valence-corrected chi connectivity index (χ4v) is 2.95. The van der Waals surface area contributed by atoms with Crippen LogP contribution in [0.15, 0.2) is 53.3 Å². The molecular formula is C22H20F2N4O3. The molecular weight excluding hydrogens is 406 g/mol. The molecule has 0 radical (unpaired) electrons. The number of halogens is 2. The fraction of sp³-hybridized carbons (Fsp3) is 0.182. The highest BCUT2D eigenvalue weighted by Gasteiger charge is 2.19. The molecule has 2 amide bonds. The summed E-state index contributed by atoms with van der Waals surface area (Å²) in [5.41, 5.74) is 1.89. The lowest BCUT2D eigenvalue weighted by molar-refractivity contribution is -0.119. The summed E-state index contributed by atoms with van der Waals surface area (Å²) in [5.74, 6) is -2.57. The molecule has 3 rings (SSSR count). The molecule has 0 bridgehead atoms. The molecule has 160 valence electrons. The number of carbonyl (C=O) groups is 2. The second-order valence-electron chi connectivity index (χ2n) is 7.04. The molecule has 0 saturated carbocycles. The van der Waals surface area contributed by atoms with E-state index < -0.39 is 29.1 Å². The highest BCUT2D eigenvalue weighted by atomic mass is 19.1. The van der Waals surface area contributed by atoms with Crippen molar-refractivity contribution in [3.05, 3.63) is 76.1 Å². The summed E-state index contributed by atoms with van der Waals surface area (Å²) in [6, 6.07) is 9.63. The minimum absolute atomic E-state index is 0.0722. The van der Waals surface area contributed by atoms with Crippen LogP contribution in [0, 0.1) is 18.6 Å². The van der Waals surface area contributed by atoms with Crippen molar-refractivity contribution in [2.24, 2.45) is 0 Å². The Bertz CT molecular complexity index is 1200. The third kappa shape index (κ3) is 5.19. The van der Waals surface area contributed by atoms with E-state index in [2.05, 4.69) is 15.7 Å². The van der Waals surface area contributed by atoms with E-state index >= 15 is 0 Å². The Morgan fingerprint density at radius 3 is 2.32 bits per heavy atom. The second kappa shape index (κ2) is 8.86. The van der Waals surface area contributed by atoms with Gasteiger partial charge in [-0.2, -0.15) is 5.10 Å². The maximum absolute atomic E-state index is 13.4. The monoisotopic (exact) mass is 426 g/mol. The predicted molar refractivity (Wildman–Crippen MR) is 113 cm³/mol. The summed E-state index contributed by atoms with van der Waals surface area (Å²) in [5, 5.41) is 9.38. The number of benzene rings is 2. The van der Waals surface area contributed by atoms with Gasteiger partial charge in [-0.25, -0.2) is 13.5 Å². The topological polar surface area (TPSA) is 93.1 Å². The zero-order valence-corrected chi connectivity index (χ0v) is 17.1. The van der Waals surface area contributed by atoms with Crippen molar-refractivity contribution >= 4 is 23.2 Å². The van der Waals surface area contributed by atoms with Gasteiger partial charge in [0, 0.05) is 36.0 Å². The van der Waals surface area contributed by atoms with E-state index in [1.165, 1.54) is 26.0 Å². The maximum Gasteiger partial charge on any atom is 0.267 e. The van der Waals surface area contributed by atoms with Gasteiger partial charge in [0.1, 0.15) is 17.7 Å². The molecule has 0 unspecified atom stereocenters. The molecule has 0 fully saturated rings. The van der Waals surface area contributed by atoms with E-state index in [0.29, 0.717) is 23.0 Å². The summed E-state index contributed by atoms with van der Waals surface area (Å²) in [6.45, 7) is 4.68. The fourth-order valence-electron chi connectivity index (χ4n) is 2.95. The average Bonchev–Trinajstić information content (AvgIpc) is 2.68. The van der Waals surface area contributed by atoms with Gasteiger partial charge in [0.15, 0.2) is 0 Å². The Morgan fingerprint density at radius 2 is 1.68 bits per heavy atom. The van der Waals surface area contributed by atoms with E-state index in [9.17, 15) is 23.2 Å². The molecule has 0 saturated heterocycles. The van der Waals surface area contributed by atoms with Crippen molar-refractivity contribution < 1.29 is 18.4 Å². The Balaban J connectivity index is 1.91.